The molecule has 3 aliphatic rings. The summed E-state index contributed by atoms with van der Waals surface area (Å²) in [6.07, 6.45) is 4.19. The number of amides is 1. The molecule has 0 spiro atoms. The molecule has 0 bridgehead atoms. The molecule has 1 amide bonds. The number of hydrogen-bond acceptors (Lipinski definition) is 7. The third-order valence-corrected chi connectivity index (χ3v) is 5.64. The van der Waals surface area contributed by atoms with Gasteiger partial charge in [-0.05, 0) is 30.9 Å². The Bertz CT molecular complexity index is 1090. The Morgan fingerprint density at radius 2 is 1.83 bits per heavy atom. The van der Waals surface area contributed by atoms with E-state index in [1.54, 1.807) is 12.1 Å². The molecule has 2 aliphatic heterocycles. The van der Waals surface area contributed by atoms with Crippen LogP contribution in [0.5, 0.6) is 5.75 Å². The van der Waals surface area contributed by atoms with Crippen molar-refractivity contribution in [2.45, 2.75) is 25.7 Å². The van der Waals surface area contributed by atoms with E-state index in [1.165, 1.54) is 12.1 Å². The molecule has 1 saturated carbocycles. The lowest BCUT2D eigenvalue weighted by atomic mass is 9.77. The Kier molecular flexibility index (Phi) is 5.41. The van der Waals surface area contributed by atoms with Gasteiger partial charge in [-0.25, -0.2) is 4.99 Å². The first-order valence-corrected chi connectivity index (χ1v) is 9.94. The summed E-state index contributed by atoms with van der Waals surface area (Å²) in [6.45, 7) is 0.00689. The van der Waals surface area contributed by atoms with Gasteiger partial charge >= 0.3 is 0 Å². The highest BCUT2D eigenvalue weighted by molar-refractivity contribution is 6.50. The average Bonchev–Trinajstić information content (AvgIpc) is 2.65. The SMILES string of the molecule is N#CC1=NN(c2cc(Cl)c(OC3=NCC(=O)C(C4CCC4)=C3)c(Cl)c2)C(=O)CC1=O. The fraction of sp³-hybridized carbons (Fsp3) is 0.300. The number of dihydropyridines is 1. The van der Waals surface area contributed by atoms with Crippen LogP contribution in [0, 0.1) is 17.2 Å². The van der Waals surface area contributed by atoms with Crippen LogP contribution in [0.4, 0.5) is 5.69 Å². The topological polar surface area (TPSA) is 112 Å². The van der Waals surface area contributed by atoms with Crippen molar-refractivity contribution >= 4 is 58.0 Å². The van der Waals surface area contributed by atoms with Gasteiger partial charge in [0.1, 0.15) is 12.6 Å². The number of carbonyl (C=O) groups excluding carboxylic acids is 3. The molecule has 1 aliphatic carbocycles. The van der Waals surface area contributed by atoms with Crippen molar-refractivity contribution in [2.75, 3.05) is 11.6 Å². The number of aliphatic imine (C=N–C) groups is 1. The number of nitriles is 1. The molecule has 30 heavy (non-hydrogen) atoms. The Balaban J connectivity index is 1.61. The van der Waals surface area contributed by atoms with Crippen LogP contribution in [0.1, 0.15) is 25.7 Å². The molecule has 0 unspecified atom stereocenters. The summed E-state index contributed by atoms with van der Waals surface area (Å²) in [5.74, 6) is -0.677. The van der Waals surface area contributed by atoms with E-state index >= 15 is 0 Å². The van der Waals surface area contributed by atoms with Crippen molar-refractivity contribution in [3.05, 3.63) is 33.8 Å². The van der Waals surface area contributed by atoms with Gasteiger partial charge in [0, 0.05) is 11.6 Å². The lowest BCUT2D eigenvalue weighted by Gasteiger charge is -2.28. The summed E-state index contributed by atoms with van der Waals surface area (Å²) < 4.78 is 5.75. The minimum Gasteiger partial charge on any atom is -0.436 e. The first kappa shape index (κ1) is 20.3. The maximum Gasteiger partial charge on any atom is 0.255 e. The van der Waals surface area contributed by atoms with Gasteiger partial charge < -0.3 is 4.74 Å². The number of ether oxygens (including phenoxy) is 1. The van der Waals surface area contributed by atoms with Crippen LogP contribution in [-0.4, -0.2) is 35.6 Å². The van der Waals surface area contributed by atoms with Crippen molar-refractivity contribution < 1.29 is 19.1 Å². The number of hydrogen-bond donors (Lipinski definition) is 0. The van der Waals surface area contributed by atoms with E-state index in [0.717, 1.165) is 24.3 Å². The minimum atomic E-state index is -0.644. The molecule has 8 nitrogen and oxygen atoms in total. The molecule has 1 aromatic carbocycles. The molecule has 4 rings (SSSR count). The van der Waals surface area contributed by atoms with Crippen molar-refractivity contribution in [3.8, 4) is 11.8 Å². The molecular formula is C20H14Cl2N4O4. The Hall–Kier alpha value is -3.02. The Morgan fingerprint density at radius 1 is 1.13 bits per heavy atom. The molecule has 1 fully saturated rings. The fourth-order valence-corrected chi connectivity index (χ4v) is 3.84. The number of benzene rings is 1. The van der Waals surface area contributed by atoms with Crippen LogP contribution in [0.3, 0.4) is 0 Å². The van der Waals surface area contributed by atoms with Crippen molar-refractivity contribution in [3.63, 3.8) is 0 Å². The highest BCUT2D eigenvalue weighted by Gasteiger charge is 2.31. The molecule has 0 saturated heterocycles. The minimum absolute atomic E-state index is 0.00689. The number of anilines is 1. The molecule has 0 aromatic heterocycles. The van der Waals surface area contributed by atoms with Gasteiger partial charge in [0.05, 0.1) is 22.2 Å². The summed E-state index contributed by atoms with van der Waals surface area (Å²) in [7, 11) is 0. The monoisotopic (exact) mass is 444 g/mol. The Labute approximate surface area is 181 Å². The zero-order chi connectivity index (χ0) is 21.4. The first-order valence-electron chi connectivity index (χ1n) is 9.18. The van der Waals surface area contributed by atoms with Crippen LogP contribution < -0.4 is 9.75 Å². The van der Waals surface area contributed by atoms with Gasteiger partial charge in [-0.1, -0.05) is 29.6 Å². The van der Waals surface area contributed by atoms with E-state index in [1.807, 2.05) is 0 Å². The summed E-state index contributed by atoms with van der Waals surface area (Å²) >= 11 is 12.6. The number of hydrazone groups is 1. The summed E-state index contributed by atoms with van der Waals surface area (Å²) in [5.41, 5.74) is 0.517. The summed E-state index contributed by atoms with van der Waals surface area (Å²) in [5, 5.41) is 13.8. The molecule has 2 heterocycles. The van der Waals surface area contributed by atoms with Gasteiger partial charge in [-0.3, -0.25) is 14.4 Å². The lowest BCUT2D eigenvalue weighted by molar-refractivity contribution is -0.124. The van der Waals surface area contributed by atoms with Crippen LogP contribution >= 0.6 is 23.2 Å². The van der Waals surface area contributed by atoms with Gasteiger partial charge in [0.2, 0.25) is 17.4 Å². The van der Waals surface area contributed by atoms with Crippen LogP contribution in [0.2, 0.25) is 10.0 Å². The molecule has 0 N–H and O–H groups in total. The van der Waals surface area contributed by atoms with E-state index in [0.29, 0.717) is 5.57 Å². The zero-order valence-electron chi connectivity index (χ0n) is 15.5. The maximum absolute atomic E-state index is 12.2. The molecule has 1 aromatic rings. The van der Waals surface area contributed by atoms with E-state index < -0.39 is 18.1 Å². The van der Waals surface area contributed by atoms with Gasteiger partial charge in [0.25, 0.3) is 5.91 Å². The van der Waals surface area contributed by atoms with Gasteiger partial charge in [0.15, 0.2) is 11.5 Å². The highest BCUT2D eigenvalue weighted by atomic mass is 35.5. The number of Topliss-reactive ketones (excluding diaryl/α,β-unsaturated/α-hetero) is 2. The first-order chi connectivity index (χ1) is 14.4. The largest absolute Gasteiger partial charge is 0.436 e. The predicted molar refractivity (Wildman–Crippen MR) is 110 cm³/mol. The standard InChI is InChI=1S/C20H14Cl2N4O4/c21-13-4-11(26-19(29)7-16(27)15(8-23)25-26)5-14(22)20(13)30-18-6-12(10-2-1-3-10)17(28)9-24-18/h4-6,10H,1-3,7,9H2. The number of rotatable bonds is 3. The number of carbonyl (C=O) groups is 3. The number of halogens is 2. The lowest BCUT2D eigenvalue weighted by Crippen LogP contribution is -2.36. The fourth-order valence-electron chi connectivity index (χ4n) is 3.29. The van der Waals surface area contributed by atoms with Gasteiger partial charge in [-0.2, -0.15) is 15.4 Å². The van der Waals surface area contributed by atoms with E-state index in [-0.39, 0.29) is 51.3 Å². The second-order valence-corrected chi connectivity index (χ2v) is 7.83. The molecule has 152 valence electrons. The normalized spacial score (nSPS) is 19.6. The number of nitrogens with zero attached hydrogens (tertiary/aromatic N) is 4. The second kappa shape index (κ2) is 8.01. The number of ketones is 2. The second-order valence-electron chi connectivity index (χ2n) is 7.01. The van der Waals surface area contributed by atoms with Crippen molar-refractivity contribution in [1.82, 2.24) is 0 Å². The third-order valence-electron chi connectivity index (χ3n) is 5.08. The van der Waals surface area contributed by atoms with E-state index in [4.69, 9.17) is 33.2 Å². The zero-order valence-corrected chi connectivity index (χ0v) is 17.0. The third kappa shape index (κ3) is 3.74. The molecule has 0 radical (unpaired) electrons. The van der Waals surface area contributed by atoms with Crippen molar-refractivity contribution in [1.29, 1.82) is 5.26 Å². The quantitative estimate of drug-likeness (QED) is 0.663. The highest BCUT2D eigenvalue weighted by Crippen LogP contribution is 2.39. The van der Waals surface area contributed by atoms with Crippen LogP contribution in [0.15, 0.2) is 33.9 Å². The molecular weight excluding hydrogens is 431 g/mol. The smallest absolute Gasteiger partial charge is 0.255 e. The van der Waals surface area contributed by atoms with Crippen LogP contribution in [-0.2, 0) is 14.4 Å². The average molecular weight is 445 g/mol. The summed E-state index contributed by atoms with van der Waals surface area (Å²) in [6, 6.07) is 4.44. The Morgan fingerprint density at radius 3 is 2.43 bits per heavy atom. The summed E-state index contributed by atoms with van der Waals surface area (Å²) in [4.78, 5) is 40.0. The van der Waals surface area contributed by atoms with E-state index in [2.05, 4.69) is 10.1 Å². The van der Waals surface area contributed by atoms with Crippen molar-refractivity contribution in [2.24, 2.45) is 16.0 Å². The molecule has 0 atom stereocenters. The van der Waals surface area contributed by atoms with Gasteiger partial charge in [-0.15, -0.1) is 0 Å². The maximum atomic E-state index is 12.2. The van der Waals surface area contributed by atoms with Crippen LogP contribution in [0.25, 0.3) is 0 Å². The molecule has 10 heteroatoms. The van der Waals surface area contributed by atoms with E-state index in [9.17, 15) is 14.4 Å². The predicted octanol–water partition coefficient (Wildman–Crippen LogP) is 3.27.